The topological polar surface area (TPSA) is 106 Å². The SMILES string of the molecule is O=C(Nc1ccc(-n2cncn2)cc1)c1cccc(S(=O)(=O)NC2CC2)c1. The van der Waals surface area contributed by atoms with Crippen LogP contribution in [0.3, 0.4) is 0 Å². The van der Waals surface area contributed by atoms with E-state index in [4.69, 9.17) is 0 Å². The molecule has 0 aliphatic heterocycles. The van der Waals surface area contributed by atoms with E-state index in [-0.39, 0.29) is 22.4 Å². The molecule has 0 saturated heterocycles. The molecule has 8 nitrogen and oxygen atoms in total. The maximum Gasteiger partial charge on any atom is 0.255 e. The van der Waals surface area contributed by atoms with Crippen LogP contribution in [0.15, 0.2) is 66.1 Å². The lowest BCUT2D eigenvalue weighted by Crippen LogP contribution is -2.26. The average Bonchev–Trinajstić information content (AvgIpc) is 3.30. The van der Waals surface area contributed by atoms with Crippen LogP contribution in [0.5, 0.6) is 0 Å². The number of sulfonamides is 1. The van der Waals surface area contributed by atoms with E-state index in [2.05, 4.69) is 20.1 Å². The van der Waals surface area contributed by atoms with Crippen molar-refractivity contribution in [3.8, 4) is 5.69 Å². The van der Waals surface area contributed by atoms with Gasteiger partial charge in [-0.1, -0.05) is 6.07 Å². The molecule has 1 aliphatic carbocycles. The number of rotatable bonds is 6. The minimum atomic E-state index is -3.60. The Morgan fingerprint density at radius 2 is 1.89 bits per heavy atom. The molecule has 138 valence electrons. The number of amides is 1. The average molecular weight is 383 g/mol. The van der Waals surface area contributed by atoms with Gasteiger partial charge < -0.3 is 5.32 Å². The number of nitrogens with zero attached hydrogens (tertiary/aromatic N) is 3. The Labute approximate surface area is 156 Å². The highest BCUT2D eigenvalue weighted by atomic mass is 32.2. The van der Waals surface area contributed by atoms with Crippen LogP contribution in [0.25, 0.3) is 5.69 Å². The van der Waals surface area contributed by atoms with Gasteiger partial charge in [-0.3, -0.25) is 4.79 Å². The highest BCUT2D eigenvalue weighted by molar-refractivity contribution is 7.89. The van der Waals surface area contributed by atoms with E-state index in [1.165, 1.54) is 18.5 Å². The number of hydrogen-bond acceptors (Lipinski definition) is 5. The van der Waals surface area contributed by atoms with E-state index in [9.17, 15) is 13.2 Å². The van der Waals surface area contributed by atoms with Crippen molar-refractivity contribution in [1.82, 2.24) is 19.5 Å². The van der Waals surface area contributed by atoms with Crippen LogP contribution in [-0.4, -0.2) is 35.1 Å². The fraction of sp³-hybridized carbons (Fsp3) is 0.167. The molecular formula is C18H17N5O3S. The maximum absolute atomic E-state index is 12.5. The number of anilines is 1. The van der Waals surface area contributed by atoms with E-state index in [0.29, 0.717) is 5.69 Å². The molecule has 27 heavy (non-hydrogen) atoms. The third-order valence-electron chi connectivity index (χ3n) is 4.11. The molecule has 1 fully saturated rings. The van der Waals surface area contributed by atoms with Gasteiger partial charge in [0.05, 0.1) is 10.6 Å². The van der Waals surface area contributed by atoms with Gasteiger partial charge in [-0.2, -0.15) is 5.10 Å². The summed E-state index contributed by atoms with van der Waals surface area (Å²) in [6, 6.07) is 13.1. The van der Waals surface area contributed by atoms with Crippen molar-refractivity contribution in [2.24, 2.45) is 0 Å². The normalized spacial score (nSPS) is 14.1. The Hall–Kier alpha value is -3.04. The van der Waals surface area contributed by atoms with Gasteiger partial charge in [-0.05, 0) is 55.3 Å². The molecule has 2 N–H and O–H groups in total. The summed E-state index contributed by atoms with van der Waals surface area (Å²) in [5.74, 6) is -0.382. The zero-order valence-corrected chi connectivity index (χ0v) is 15.1. The van der Waals surface area contributed by atoms with Gasteiger partial charge in [0.2, 0.25) is 10.0 Å². The highest BCUT2D eigenvalue weighted by Gasteiger charge is 2.28. The fourth-order valence-electron chi connectivity index (χ4n) is 2.54. The number of carbonyl (C=O) groups excluding carboxylic acids is 1. The fourth-order valence-corrected chi connectivity index (χ4v) is 3.89. The van der Waals surface area contributed by atoms with Crippen molar-refractivity contribution in [1.29, 1.82) is 0 Å². The predicted molar refractivity (Wildman–Crippen MR) is 99.1 cm³/mol. The molecule has 1 aromatic heterocycles. The lowest BCUT2D eigenvalue weighted by molar-refractivity contribution is 0.102. The maximum atomic E-state index is 12.5. The minimum absolute atomic E-state index is 0.0102. The molecule has 0 bridgehead atoms. The van der Waals surface area contributed by atoms with Gasteiger partial charge in [-0.25, -0.2) is 22.8 Å². The third kappa shape index (κ3) is 4.04. The summed E-state index contributed by atoms with van der Waals surface area (Å²) in [5.41, 5.74) is 1.67. The number of benzene rings is 2. The van der Waals surface area contributed by atoms with Crippen molar-refractivity contribution in [2.45, 2.75) is 23.8 Å². The summed E-state index contributed by atoms with van der Waals surface area (Å²) in [4.78, 5) is 16.5. The Morgan fingerprint density at radius 1 is 1.11 bits per heavy atom. The molecule has 0 atom stereocenters. The Balaban J connectivity index is 1.49. The second-order valence-electron chi connectivity index (χ2n) is 6.26. The predicted octanol–water partition coefficient (Wildman–Crippen LogP) is 1.96. The number of carbonyl (C=O) groups is 1. The first-order valence-electron chi connectivity index (χ1n) is 8.40. The van der Waals surface area contributed by atoms with E-state index in [0.717, 1.165) is 18.5 Å². The number of hydrogen-bond donors (Lipinski definition) is 2. The van der Waals surface area contributed by atoms with Crippen LogP contribution in [0.1, 0.15) is 23.2 Å². The zero-order valence-electron chi connectivity index (χ0n) is 14.2. The molecule has 2 aromatic carbocycles. The monoisotopic (exact) mass is 383 g/mol. The summed E-state index contributed by atoms with van der Waals surface area (Å²) >= 11 is 0. The molecule has 4 rings (SSSR count). The Morgan fingerprint density at radius 3 is 2.56 bits per heavy atom. The smallest absolute Gasteiger partial charge is 0.255 e. The van der Waals surface area contributed by atoms with Gasteiger partial charge in [0, 0.05) is 17.3 Å². The molecule has 0 spiro atoms. The first-order chi connectivity index (χ1) is 13.0. The summed E-state index contributed by atoms with van der Waals surface area (Å²) in [6.45, 7) is 0. The van der Waals surface area contributed by atoms with Gasteiger partial charge in [0.25, 0.3) is 5.91 Å². The van der Waals surface area contributed by atoms with E-state index < -0.39 is 10.0 Å². The van der Waals surface area contributed by atoms with Gasteiger partial charge in [-0.15, -0.1) is 0 Å². The van der Waals surface area contributed by atoms with Crippen LogP contribution in [0.2, 0.25) is 0 Å². The molecular weight excluding hydrogens is 366 g/mol. The van der Waals surface area contributed by atoms with Crippen molar-refractivity contribution < 1.29 is 13.2 Å². The van der Waals surface area contributed by atoms with Gasteiger partial charge >= 0.3 is 0 Å². The molecule has 1 amide bonds. The van der Waals surface area contributed by atoms with Gasteiger partial charge in [0.15, 0.2) is 0 Å². The second kappa shape index (κ2) is 6.93. The van der Waals surface area contributed by atoms with Crippen LogP contribution in [0, 0.1) is 0 Å². The first-order valence-corrected chi connectivity index (χ1v) is 9.88. The number of aromatic nitrogens is 3. The van der Waals surface area contributed by atoms with Crippen molar-refractivity contribution in [3.63, 3.8) is 0 Å². The molecule has 1 heterocycles. The van der Waals surface area contributed by atoms with Crippen LogP contribution in [0.4, 0.5) is 5.69 Å². The summed E-state index contributed by atoms with van der Waals surface area (Å²) in [6.07, 6.45) is 4.72. The molecule has 0 radical (unpaired) electrons. The van der Waals surface area contributed by atoms with E-state index in [1.54, 1.807) is 47.4 Å². The highest BCUT2D eigenvalue weighted by Crippen LogP contribution is 2.22. The molecule has 3 aromatic rings. The number of nitrogens with one attached hydrogen (secondary N) is 2. The summed E-state index contributed by atoms with van der Waals surface area (Å²) < 4.78 is 28.8. The van der Waals surface area contributed by atoms with Crippen molar-refractivity contribution in [2.75, 3.05) is 5.32 Å². The zero-order chi connectivity index (χ0) is 18.9. The van der Waals surface area contributed by atoms with Crippen LogP contribution in [-0.2, 0) is 10.0 Å². The molecule has 1 aliphatic rings. The largest absolute Gasteiger partial charge is 0.322 e. The molecule has 1 saturated carbocycles. The quantitative estimate of drug-likeness (QED) is 0.677. The lowest BCUT2D eigenvalue weighted by atomic mass is 10.2. The molecule has 9 heteroatoms. The van der Waals surface area contributed by atoms with E-state index >= 15 is 0 Å². The van der Waals surface area contributed by atoms with Crippen LogP contribution >= 0.6 is 0 Å². The molecule has 0 unspecified atom stereocenters. The van der Waals surface area contributed by atoms with Crippen LogP contribution < -0.4 is 10.0 Å². The Kier molecular flexibility index (Phi) is 4.46. The van der Waals surface area contributed by atoms with Crippen molar-refractivity contribution >= 4 is 21.6 Å². The first kappa shape index (κ1) is 17.4. The third-order valence-corrected chi connectivity index (χ3v) is 5.63. The Bertz CT molecular complexity index is 1060. The summed E-state index contributed by atoms with van der Waals surface area (Å²) in [5, 5.41) is 6.80. The van der Waals surface area contributed by atoms with Gasteiger partial charge in [0.1, 0.15) is 12.7 Å². The lowest BCUT2D eigenvalue weighted by Gasteiger charge is -2.09. The second-order valence-corrected chi connectivity index (χ2v) is 7.98. The summed E-state index contributed by atoms with van der Waals surface area (Å²) in [7, 11) is -3.60. The minimum Gasteiger partial charge on any atom is -0.322 e. The van der Waals surface area contributed by atoms with E-state index in [1.807, 2.05) is 0 Å². The van der Waals surface area contributed by atoms with Crippen molar-refractivity contribution in [3.05, 3.63) is 66.7 Å². The standard InChI is InChI=1S/C18H17N5O3S/c24-18(21-14-6-8-16(9-7-14)23-12-19-11-20-23)13-2-1-3-17(10-13)27(25,26)22-15-4-5-15/h1-3,6-12,15,22H,4-5H2,(H,21,24).